The second kappa shape index (κ2) is 9.27. The van der Waals surface area contributed by atoms with E-state index in [4.69, 9.17) is 4.74 Å². The van der Waals surface area contributed by atoms with Gasteiger partial charge in [-0.05, 0) is 50.1 Å². The summed E-state index contributed by atoms with van der Waals surface area (Å²) in [6.45, 7) is 3.98. The van der Waals surface area contributed by atoms with Crippen molar-refractivity contribution in [1.82, 2.24) is 0 Å². The highest BCUT2D eigenvalue weighted by Gasteiger charge is 2.42. The van der Waals surface area contributed by atoms with Crippen molar-refractivity contribution in [2.75, 3.05) is 17.3 Å². The molecule has 2 amide bonds. The molecule has 0 bridgehead atoms. The molecule has 2 atom stereocenters. The first-order valence-electron chi connectivity index (χ1n) is 10.9. The average molecular weight is 429 g/mol. The minimum absolute atomic E-state index is 0.00435. The Morgan fingerprint density at radius 2 is 1.66 bits per heavy atom. The molecule has 5 nitrogen and oxygen atoms in total. The number of amides is 2. The predicted molar refractivity (Wildman–Crippen MR) is 127 cm³/mol. The molecule has 4 rings (SSSR count). The molecule has 3 aromatic carbocycles. The molecular weight excluding hydrogens is 400 g/mol. The van der Waals surface area contributed by atoms with Gasteiger partial charge in [0.1, 0.15) is 5.75 Å². The van der Waals surface area contributed by atoms with Gasteiger partial charge in [0.15, 0.2) is 0 Å². The standard InChI is InChI=1S/C27H28N2O3/c1-18-12-14-20(15-13-18)29-25(30)17-16-22(26(29)21-9-5-7-11-24(21)32-3)27(31)28-23-10-6-4-8-19(23)2/h4-15,22,26H,16-17H2,1-3H3,(H,28,31). The zero-order valence-electron chi connectivity index (χ0n) is 18.7. The van der Waals surface area contributed by atoms with Crippen molar-refractivity contribution in [2.24, 2.45) is 5.92 Å². The number of methoxy groups -OCH3 is 1. The Bertz CT molecular complexity index is 1120. The van der Waals surface area contributed by atoms with Crippen LogP contribution >= 0.6 is 0 Å². The summed E-state index contributed by atoms with van der Waals surface area (Å²) in [5.74, 6) is 0.146. The number of hydrogen-bond donors (Lipinski definition) is 1. The molecule has 1 N–H and O–H groups in total. The monoisotopic (exact) mass is 428 g/mol. The molecule has 0 aliphatic carbocycles. The summed E-state index contributed by atoms with van der Waals surface area (Å²) in [4.78, 5) is 28.5. The van der Waals surface area contributed by atoms with Gasteiger partial charge in [-0.3, -0.25) is 9.59 Å². The second-order valence-electron chi connectivity index (χ2n) is 8.24. The number of carbonyl (C=O) groups excluding carboxylic acids is 2. The minimum Gasteiger partial charge on any atom is -0.496 e. The lowest BCUT2D eigenvalue weighted by atomic mass is 9.82. The number of rotatable bonds is 5. The van der Waals surface area contributed by atoms with Crippen LogP contribution in [-0.2, 0) is 9.59 Å². The molecule has 3 aromatic rings. The molecule has 2 unspecified atom stereocenters. The van der Waals surface area contributed by atoms with Gasteiger partial charge in [0.2, 0.25) is 11.8 Å². The largest absolute Gasteiger partial charge is 0.496 e. The van der Waals surface area contributed by atoms with Crippen LogP contribution < -0.4 is 15.0 Å². The minimum atomic E-state index is -0.473. The third kappa shape index (κ3) is 4.24. The molecule has 1 fully saturated rings. The third-order valence-corrected chi connectivity index (χ3v) is 6.11. The van der Waals surface area contributed by atoms with Crippen molar-refractivity contribution in [3.63, 3.8) is 0 Å². The van der Waals surface area contributed by atoms with Gasteiger partial charge in [-0.2, -0.15) is 0 Å². The molecule has 1 aliphatic rings. The molecule has 5 heteroatoms. The Morgan fingerprint density at radius 3 is 2.38 bits per heavy atom. The van der Waals surface area contributed by atoms with Crippen LogP contribution in [0.25, 0.3) is 0 Å². The van der Waals surface area contributed by atoms with Crippen LogP contribution in [0, 0.1) is 19.8 Å². The normalized spacial score (nSPS) is 18.3. The van der Waals surface area contributed by atoms with Crippen LogP contribution in [0.4, 0.5) is 11.4 Å². The van der Waals surface area contributed by atoms with E-state index in [1.54, 1.807) is 12.0 Å². The summed E-state index contributed by atoms with van der Waals surface area (Å²) >= 11 is 0. The predicted octanol–water partition coefficient (Wildman–Crippen LogP) is 5.44. The summed E-state index contributed by atoms with van der Waals surface area (Å²) in [6, 6.07) is 22.7. The fraction of sp³-hybridized carbons (Fsp3) is 0.259. The average Bonchev–Trinajstić information content (AvgIpc) is 2.81. The van der Waals surface area contributed by atoms with Crippen molar-refractivity contribution in [3.05, 3.63) is 89.5 Å². The topological polar surface area (TPSA) is 58.6 Å². The number of carbonyl (C=O) groups is 2. The number of hydrogen-bond acceptors (Lipinski definition) is 3. The Morgan fingerprint density at radius 1 is 0.969 bits per heavy atom. The van der Waals surface area contributed by atoms with Crippen molar-refractivity contribution < 1.29 is 14.3 Å². The fourth-order valence-corrected chi connectivity index (χ4v) is 4.38. The van der Waals surface area contributed by atoms with Gasteiger partial charge in [-0.15, -0.1) is 0 Å². The molecule has 1 heterocycles. The summed E-state index contributed by atoms with van der Waals surface area (Å²) in [6.07, 6.45) is 0.785. The Labute approximate surface area is 189 Å². The van der Waals surface area contributed by atoms with E-state index in [9.17, 15) is 9.59 Å². The Kier molecular flexibility index (Phi) is 6.26. The van der Waals surface area contributed by atoms with Gasteiger partial charge in [0.25, 0.3) is 0 Å². The molecule has 0 spiro atoms. The van der Waals surface area contributed by atoms with Crippen LogP contribution in [0.1, 0.15) is 35.6 Å². The molecule has 0 radical (unpaired) electrons. The number of benzene rings is 3. The van der Waals surface area contributed by atoms with Crippen molar-refractivity contribution >= 4 is 23.2 Å². The van der Waals surface area contributed by atoms with Crippen LogP contribution in [0.3, 0.4) is 0 Å². The van der Waals surface area contributed by atoms with E-state index in [-0.39, 0.29) is 11.8 Å². The Hall–Kier alpha value is -3.60. The summed E-state index contributed by atoms with van der Waals surface area (Å²) in [7, 11) is 1.61. The zero-order chi connectivity index (χ0) is 22.7. The first-order chi connectivity index (χ1) is 15.5. The SMILES string of the molecule is COc1ccccc1C1C(C(=O)Nc2ccccc2C)CCC(=O)N1c1ccc(C)cc1. The van der Waals surface area contributed by atoms with Gasteiger partial charge in [0.05, 0.1) is 19.1 Å². The first-order valence-corrected chi connectivity index (χ1v) is 10.9. The van der Waals surface area contributed by atoms with Crippen molar-refractivity contribution in [1.29, 1.82) is 0 Å². The number of nitrogens with one attached hydrogen (secondary N) is 1. The number of ether oxygens (including phenoxy) is 1. The molecule has 164 valence electrons. The number of aryl methyl sites for hydroxylation is 2. The second-order valence-corrected chi connectivity index (χ2v) is 8.24. The smallest absolute Gasteiger partial charge is 0.229 e. The van der Waals surface area contributed by atoms with E-state index in [0.29, 0.717) is 18.6 Å². The van der Waals surface area contributed by atoms with Gasteiger partial charge >= 0.3 is 0 Å². The van der Waals surface area contributed by atoms with Crippen LogP contribution in [0.2, 0.25) is 0 Å². The number of para-hydroxylation sites is 2. The van der Waals surface area contributed by atoms with Crippen LogP contribution in [0.5, 0.6) is 5.75 Å². The summed E-state index contributed by atoms with van der Waals surface area (Å²) in [5.41, 5.74) is 4.51. The maximum absolute atomic E-state index is 13.6. The van der Waals surface area contributed by atoms with E-state index >= 15 is 0 Å². The summed E-state index contributed by atoms with van der Waals surface area (Å²) < 4.78 is 5.63. The number of anilines is 2. The molecule has 0 aromatic heterocycles. The lowest BCUT2D eigenvalue weighted by Gasteiger charge is -2.41. The van der Waals surface area contributed by atoms with E-state index in [2.05, 4.69) is 5.32 Å². The van der Waals surface area contributed by atoms with E-state index in [0.717, 1.165) is 28.1 Å². The summed E-state index contributed by atoms with van der Waals surface area (Å²) in [5, 5.41) is 3.10. The quantitative estimate of drug-likeness (QED) is 0.589. The Balaban J connectivity index is 1.79. The number of piperidine rings is 1. The highest BCUT2D eigenvalue weighted by molar-refractivity contribution is 6.00. The third-order valence-electron chi connectivity index (χ3n) is 6.11. The maximum atomic E-state index is 13.6. The molecule has 1 saturated heterocycles. The fourth-order valence-electron chi connectivity index (χ4n) is 4.38. The lowest BCUT2D eigenvalue weighted by molar-refractivity contribution is -0.126. The van der Waals surface area contributed by atoms with Gasteiger partial charge < -0.3 is 15.0 Å². The lowest BCUT2D eigenvalue weighted by Crippen LogP contribution is -2.47. The van der Waals surface area contributed by atoms with Gasteiger partial charge in [0, 0.05) is 23.4 Å². The first kappa shape index (κ1) is 21.6. The molecular formula is C27H28N2O3. The van der Waals surface area contributed by atoms with Crippen LogP contribution in [0.15, 0.2) is 72.8 Å². The van der Waals surface area contributed by atoms with E-state index in [1.165, 1.54) is 0 Å². The maximum Gasteiger partial charge on any atom is 0.229 e. The van der Waals surface area contributed by atoms with Crippen molar-refractivity contribution in [3.8, 4) is 5.75 Å². The van der Waals surface area contributed by atoms with E-state index < -0.39 is 12.0 Å². The molecule has 1 aliphatic heterocycles. The highest BCUT2D eigenvalue weighted by atomic mass is 16.5. The number of nitrogens with zero attached hydrogens (tertiary/aromatic N) is 1. The van der Waals surface area contributed by atoms with E-state index in [1.807, 2.05) is 86.6 Å². The van der Waals surface area contributed by atoms with Crippen molar-refractivity contribution in [2.45, 2.75) is 32.7 Å². The van der Waals surface area contributed by atoms with Gasteiger partial charge in [-0.1, -0.05) is 54.1 Å². The molecule has 32 heavy (non-hydrogen) atoms. The highest BCUT2D eigenvalue weighted by Crippen LogP contribution is 2.43. The zero-order valence-corrected chi connectivity index (χ0v) is 18.7. The van der Waals surface area contributed by atoms with Crippen LogP contribution in [-0.4, -0.2) is 18.9 Å². The van der Waals surface area contributed by atoms with Gasteiger partial charge in [-0.25, -0.2) is 0 Å². The molecule has 0 saturated carbocycles.